The fourth-order valence-electron chi connectivity index (χ4n) is 2.73. The molecule has 20 heavy (non-hydrogen) atoms. The van der Waals surface area contributed by atoms with E-state index in [1.165, 1.54) is 13.2 Å². The van der Waals surface area contributed by atoms with Gasteiger partial charge in [0.15, 0.2) is 0 Å². The molecular weight excluding hydrogens is 260 g/mol. The van der Waals surface area contributed by atoms with Crippen molar-refractivity contribution in [1.29, 1.82) is 0 Å². The van der Waals surface area contributed by atoms with E-state index in [0.717, 1.165) is 25.7 Å². The number of hydrogen-bond donors (Lipinski definition) is 2. The summed E-state index contributed by atoms with van der Waals surface area (Å²) in [5.74, 6) is 0.726. The number of nitro groups is 1. The van der Waals surface area contributed by atoms with Gasteiger partial charge < -0.3 is 15.2 Å². The van der Waals surface area contributed by atoms with Crippen molar-refractivity contribution < 1.29 is 14.8 Å². The summed E-state index contributed by atoms with van der Waals surface area (Å²) in [6.07, 6.45) is 4.04. The molecule has 2 atom stereocenters. The topological polar surface area (TPSA) is 84.6 Å². The predicted octanol–water partition coefficient (Wildman–Crippen LogP) is 2.57. The number of anilines is 1. The molecule has 2 N–H and O–H groups in total. The minimum Gasteiger partial charge on any atom is -0.497 e. The quantitative estimate of drug-likeness (QED) is 0.639. The zero-order chi connectivity index (χ0) is 14.5. The van der Waals surface area contributed by atoms with Gasteiger partial charge in [-0.25, -0.2) is 0 Å². The molecule has 0 aliphatic heterocycles. The molecule has 1 aromatic rings. The van der Waals surface area contributed by atoms with Gasteiger partial charge in [-0.05, 0) is 18.9 Å². The van der Waals surface area contributed by atoms with Crippen LogP contribution >= 0.6 is 0 Å². The molecule has 110 valence electrons. The van der Waals surface area contributed by atoms with Crippen LogP contribution in [0.3, 0.4) is 0 Å². The maximum absolute atomic E-state index is 11.1. The van der Waals surface area contributed by atoms with Gasteiger partial charge in [0.1, 0.15) is 11.4 Å². The molecule has 0 bridgehead atoms. The number of nitrogens with zero attached hydrogens (tertiary/aromatic N) is 1. The van der Waals surface area contributed by atoms with Crippen molar-refractivity contribution in [2.45, 2.75) is 31.7 Å². The SMILES string of the molecule is COc1ccc([N+](=O)[O-])c(NC2CCCCC2CO)c1. The molecule has 1 fully saturated rings. The van der Waals surface area contributed by atoms with E-state index in [2.05, 4.69) is 5.32 Å². The molecule has 6 heteroatoms. The molecule has 1 aliphatic carbocycles. The molecule has 0 aromatic heterocycles. The van der Waals surface area contributed by atoms with Crippen molar-refractivity contribution in [3.05, 3.63) is 28.3 Å². The van der Waals surface area contributed by atoms with Gasteiger partial charge in [0.2, 0.25) is 0 Å². The van der Waals surface area contributed by atoms with Crippen LogP contribution in [0.5, 0.6) is 5.75 Å². The van der Waals surface area contributed by atoms with Gasteiger partial charge in [0.25, 0.3) is 5.69 Å². The van der Waals surface area contributed by atoms with Crippen LogP contribution in [-0.4, -0.2) is 29.8 Å². The average molecular weight is 280 g/mol. The van der Waals surface area contributed by atoms with Crippen LogP contribution in [0.1, 0.15) is 25.7 Å². The average Bonchev–Trinajstić information content (AvgIpc) is 2.47. The first-order valence-electron chi connectivity index (χ1n) is 6.85. The Morgan fingerprint density at radius 1 is 1.45 bits per heavy atom. The van der Waals surface area contributed by atoms with Crippen LogP contribution in [0.15, 0.2) is 18.2 Å². The second-order valence-electron chi connectivity index (χ2n) is 5.12. The number of ether oxygens (including phenoxy) is 1. The molecule has 2 rings (SSSR count). The van der Waals surface area contributed by atoms with E-state index in [-0.39, 0.29) is 24.3 Å². The van der Waals surface area contributed by atoms with Gasteiger partial charge >= 0.3 is 0 Å². The van der Waals surface area contributed by atoms with Gasteiger partial charge in [-0.1, -0.05) is 12.8 Å². The van der Waals surface area contributed by atoms with E-state index in [0.29, 0.717) is 11.4 Å². The third kappa shape index (κ3) is 3.19. The van der Waals surface area contributed by atoms with Gasteiger partial charge in [0, 0.05) is 30.7 Å². The fraction of sp³-hybridized carbons (Fsp3) is 0.571. The van der Waals surface area contributed by atoms with Crippen LogP contribution in [0.4, 0.5) is 11.4 Å². The van der Waals surface area contributed by atoms with Crippen molar-refractivity contribution in [1.82, 2.24) is 0 Å². The molecule has 0 saturated heterocycles. The lowest BCUT2D eigenvalue weighted by Gasteiger charge is -2.31. The number of rotatable bonds is 5. The molecule has 0 heterocycles. The zero-order valence-corrected chi connectivity index (χ0v) is 11.5. The predicted molar refractivity (Wildman–Crippen MR) is 76.1 cm³/mol. The van der Waals surface area contributed by atoms with Gasteiger partial charge in [-0.15, -0.1) is 0 Å². The number of nitrogens with one attached hydrogen (secondary N) is 1. The van der Waals surface area contributed by atoms with Crippen molar-refractivity contribution in [2.75, 3.05) is 19.0 Å². The Morgan fingerprint density at radius 2 is 2.20 bits per heavy atom. The summed E-state index contributed by atoms with van der Waals surface area (Å²) in [7, 11) is 1.53. The van der Waals surface area contributed by atoms with Crippen molar-refractivity contribution in [3.63, 3.8) is 0 Å². The van der Waals surface area contributed by atoms with Crippen LogP contribution in [-0.2, 0) is 0 Å². The van der Waals surface area contributed by atoms with Crippen molar-refractivity contribution in [2.24, 2.45) is 5.92 Å². The van der Waals surface area contributed by atoms with E-state index >= 15 is 0 Å². The van der Waals surface area contributed by atoms with Crippen LogP contribution in [0.2, 0.25) is 0 Å². The van der Waals surface area contributed by atoms with Crippen molar-refractivity contribution in [3.8, 4) is 5.75 Å². The lowest BCUT2D eigenvalue weighted by molar-refractivity contribution is -0.384. The molecule has 0 amide bonds. The molecule has 2 unspecified atom stereocenters. The first-order valence-corrected chi connectivity index (χ1v) is 6.85. The maximum Gasteiger partial charge on any atom is 0.292 e. The largest absolute Gasteiger partial charge is 0.497 e. The molecule has 0 spiro atoms. The van der Waals surface area contributed by atoms with E-state index in [4.69, 9.17) is 4.74 Å². The third-order valence-corrected chi connectivity index (χ3v) is 3.88. The number of aliphatic hydroxyl groups excluding tert-OH is 1. The molecule has 1 aliphatic rings. The summed E-state index contributed by atoms with van der Waals surface area (Å²) in [5, 5.41) is 23.7. The van der Waals surface area contributed by atoms with E-state index < -0.39 is 4.92 Å². The number of nitro benzene ring substituents is 1. The van der Waals surface area contributed by atoms with Crippen LogP contribution in [0.25, 0.3) is 0 Å². The van der Waals surface area contributed by atoms with E-state index in [1.54, 1.807) is 12.1 Å². The summed E-state index contributed by atoms with van der Waals surface area (Å²) >= 11 is 0. The smallest absolute Gasteiger partial charge is 0.292 e. The van der Waals surface area contributed by atoms with Gasteiger partial charge in [0.05, 0.1) is 12.0 Å². The highest BCUT2D eigenvalue weighted by Gasteiger charge is 2.26. The second-order valence-corrected chi connectivity index (χ2v) is 5.12. The summed E-state index contributed by atoms with van der Waals surface area (Å²) in [6.45, 7) is 0.107. The Kier molecular flexibility index (Phi) is 4.79. The molecule has 6 nitrogen and oxygen atoms in total. The second kappa shape index (κ2) is 6.56. The lowest BCUT2D eigenvalue weighted by atomic mass is 9.85. The fourth-order valence-corrected chi connectivity index (χ4v) is 2.73. The number of aliphatic hydroxyl groups is 1. The van der Waals surface area contributed by atoms with E-state index in [1.807, 2.05) is 0 Å². The van der Waals surface area contributed by atoms with E-state index in [9.17, 15) is 15.2 Å². The number of methoxy groups -OCH3 is 1. The Bertz CT molecular complexity index is 478. The molecule has 1 saturated carbocycles. The summed E-state index contributed by atoms with van der Waals surface area (Å²) in [5.41, 5.74) is 0.493. The maximum atomic E-state index is 11.1. The number of hydrogen-bond acceptors (Lipinski definition) is 5. The first kappa shape index (κ1) is 14.6. The monoisotopic (exact) mass is 280 g/mol. The third-order valence-electron chi connectivity index (χ3n) is 3.88. The minimum absolute atomic E-state index is 0.0352. The lowest BCUT2D eigenvalue weighted by Crippen LogP contribution is -2.34. The van der Waals surface area contributed by atoms with Gasteiger partial charge in [-0.3, -0.25) is 10.1 Å². The minimum atomic E-state index is -0.404. The highest BCUT2D eigenvalue weighted by molar-refractivity contribution is 5.64. The van der Waals surface area contributed by atoms with Crippen molar-refractivity contribution >= 4 is 11.4 Å². The normalized spacial score (nSPS) is 22.3. The summed E-state index contributed by atoms with van der Waals surface area (Å²) in [4.78, 5) is 10.7. The molecule has 0 radical (unpaired) electrons. The molecular formula is C14H20N2O4. The van der Waals surface area contributed by atoms with Crippen LogP contribution in [0, 0.1) is 16.0 Å². The Labute approximate surface area is 117 Å². The van der Waals surface area contributed by atoms with Crippen LogP contribution < -0.4 is 10.1 Å². The van der Waals surface area contributed by atoms with Gasteiger partial charge in [-0.2, -0.15) is 0 Å². The Morgan fingerprint density at radius 3 is 2.85 bits per heavy atom. The summed E-state index contributed by atoms with van der Waals surface area (Å²) < 4.78 is 5.12. The summed E-state index contributed by atoms with van der Waals surface area (Å²) in [6, 6.07) is 4.73. The zero-order valence-electron chi connectivity index (χ0n) is 11.5. The molecule has 1 aromatic carbocycles. The Hall–Kier alpha value is -1.82. The highest BCUT2D eigenvalue weighted by Crippen LogP contribution is 2.33. The first-order chi connectivity index (χ1) is 9.65. The Balaban J connectivity index is 2.23. The standard InChI is InChI=1S/C14H20N2O4/c1-20-11-6-7-14(16(18)19)13(8-11)15-12-5-3-2-4-10(12)9-17/h6-8,10,12,15,17H,2-5,9H2,1H3. The highest BCUT2D eigenvalue weighted by atomic mass is 16.6. The number of benzene rings is 1.